The van der Waals surface area contributed by atoms with Gasteiger partial charge in [0.05, 0.1) is 25.2 Å². The van der Waals surface area contributed by atoms with Crippen molar-refractivity contribution in [2.24, 2.45) is 34.0 Å². The minimum Gasteiger partial charge on any atom is -0.370 e. The lowest BCUT2D eigenvalue weighted by molar-refractivity contribution is -0.137. The number of fused-ring (bicyclic) bond motifs is 1. The molecule has 362 valence electrons. The second-order valence-electron chi connectivity index (χ2n) is 16.1. The van der Waals surface area contributed by atoms with Gasteiger partial charge in [0, 0.05) is 42.9 Å². The predicted molar refractivity (Wildman–Crippen MR) is 242 cm³/mol. The van der Waals surface area contributed by atoms with E-state index in [1.54, 1.807) is 6.26 Å². The molecule has 2 saturated heterocycles. The number of hydrogen-bond donors (Lipinski definition) is 13. The SMILES string of the molecule is CSCC[C@H](NC(=O)[C@H](CCCN=C(N)N)NC(=O)C(CC(=O)NO)CC(C)C)C(=O)NCC(=O)NCC(=O)N[C@@H](CCCCNC(=O)CCCC[C@@H]1SC[C@@H]2NC(=O)N[C@@H]21)C(N)=O. The lowest BCUT2D eigenvalue weighted by Crippen LogP contribution is -2.55. The van der Waals surface area contributed by atoms with E-state index in [9.17, 15) is 43.2 Å². The standard InChI is InChI=1S/C39H69N13O10S2/c1-22(2)17-23(18-30(54)52-62)35(58)48-25(10-8-15-44-38(41)42)37(60)49-26(13-16-63-3)36(59)46-19-31(55)45-20-32(56)47-24(34(40)57)9-6-7-14-43-29(53)12-5-4-11-28-33-27(21-64-28)50-39(61)51-33/h22-28,33,62H,4-21H2,1-3H3,(H2,40,57)(H,43,53)(H,45,55)(H,46,59)(H,47,56)(H,48,58)(H,49,60)(H,52,54)(H4,41,42,44)(H2,50,51,61)/t23?,24-,25-,26-,27-,28-,33-/m0/s1. The number of hydroxylamine groups is 1. The highest BCUT2D eigenvalue weighted by Gasteiger charge is 2.42. The fraction of sp³-hybridized carbons (Fsp3) is 0.744. The van der Waals surface area contributed by atoms with Crippen molar-refractivity contribution in [3.8, 4) is 0 Å². The van der Waals surface area contributed by atoms with Gasteiger partial charge in [-0.2, -0.15) is 23.5 Å². The molecule has 0 radical (unpaired) electrons. The maximum atomic E-state index is 13.6. The highest BCUT2D eigenvalue weighted by atomic mass is 32.2. The van der Waals surface area contributed by atoms with Crippen LogP contribution in [0, 0.1) is 11.8 Å². The molecule has 2 aliphatic rings. The van der Waals surface area contributed by atoms with E-state index < -0.39 is 78.5 Å². The minimum absolute atomic E-state index is 0.00145. The molecule has 0 aromatic heterocycles. The average molecular weight is 944 g/mol. The quantitative estimate of drug-likeness (QED) is 0.00831. The molecule has 0 aromatic rings. The first-order valence-electron chi connectivity index (χ1n) is 21.6. The van der Waals surface area contributed by atoms with E-state index in [1.165, 1.54) is 17.2 Å². The van der Waals surface area contributed by atoms with Gasteiger partial charge in [-0.05, 0) is 75.7 Å². The van der Waals surface area contributed by atoms with Crippen molar-refractivity contribution in [3.05, 3.63) is 0 Å². The van der Waals surface area contributed by atoms with Crippen LogP contribution in [0.2, 0.25) is 0 Å². The van der Waals surface area contributed by atoms with E-state index in [1.807, 2.05) is 25.6 Å². The van der Waals surface area contributed by atoms with E-state index in [2.05, 4.69) is 47.5 Å². The second-order valence-corrected chi connectivity index (χ2v) is 18.4. The fourth-order valence-electron chi connectivity index (χ4n) is 7.09. The van der Waals surface area contributed by atoms with Gasteiger partial charge in [-0.1, -0.05) is 20.3 Å². The van der Waals surface area contributed by atoms with E-state index in [0.29, 0.717) is 36.8 Å². The average Bonchev–Trinajstić information content (AvgIpc) is 3.80. The monoisotopic (exact) mass is 943 g/mol. The van der Waals surface area contributed by atoms with Gasteiger partial charge >= 0.3 is 6.03 Å². The maximum Gasteiger partial charge on any atom is 0.315 e. The summed E-state index contributed by atoms with van der Waals surface area (Å²) in [5.41, 5.74) is 17.8. The third kappa shape index (κ3) is 22.0. The molecule has 2 fully saturated rings. The molecule has 0 aromatic carbocycles. The van der Waals surface area contributed by atoms with Crippen molar-refractivity contribution in [1.29, 1.82) is 0 Å². The molecule has 0 bridgehead atoms. The van der Waals surface area contributed by atoms with Crippen LogP contribution in [0.15, 0.2) is 4.99 Å². The summed E-state index contributed by atoms with van der Waals surface area (Å²) < 4.78 is 0. The molecule has 25 heteroatoms. The first kappa shape index (κ1) is 55.1. The Morgan fingerprint density at radius 1 is 0.781 bits per heavy atom. The van der Waals surface area contributed by atoms with Crippen molar-refractivity contribution >= 4 is 82.8 Å². The number of aliphatic imine (C=N–C) groups is 1. The van der Waals surface area contributed by atoms with Crippen molar-refractivity contribution < 1.29 is 48.4 Å². The van der Waals surface area contributed by atoms with Crippen molar-refractivity contribution in [2.75, 3.05) is 43.9 Å². The van der Waals surface area contributed by atoms with Crippen molar-refractivity contribution in [2.45, 2.75) is 126 Å². The zero-order valence-electron chi connectivity index (χ0n) is 37.0. The summed E-state index contributed by atoms with van der Waals surface area (Å²) in [6.45, 7) is 3.15. The Bertz CT molecular complexity index is 1620. The summed E-state index contributed by atoms with van der Waals surface area (Å²) in [7, 11) is 0. The number of guanidine groups is 1. The van der Waals surface area contributed by atoms with Crippen LogP contribution in [0.1, 0.15) is 90.9 Å². The zero-order valence-corrected chi connectivity index (χ0v) is 38.6. The Labute approximate surface area is 382 Å². The van der Waals surface area contributed by atoms with Crippen LogP contribution >= 0.6 is 23.5 Å². The predicted octanol–water partition coefficient (Wildman–Crippen LogP) is -2.46. The lowest BCUT2D eigenvalue weighted by Gasteiger charge is -2.25. The third-order valence-corrected chi connectivity index (χ3v) is 12.5. The summed E-state index contributed by atoms with van der Waals surface area (Å²) in [5, 5.41) is 30.7. The largest absolute Gasteiger partial charge is 0.370 e. The molecular weight excluding hydrogens is 875 g/mol. The first-order valence-corrected chi connectivity index (χ1v) is 24.0. The summed E-state index contributed by atoms with van der Waals surface area (Å²) in [6.07, 6.45) is 6.34. The highest BCUT2D eigenvalue weighted by molar-refractivity contribution is 8.00. The molecule has 0 saturated carbocycles. The van der Waals surface area contributed by atoms with Crippen molar-refractivity contribution in [1.82, 2.24) is 48.0 Å². The molecule has 23 nitrogen and oxygen atoms in total. The zero-order chi connectivity index (χ0) is 47.6. The number of primary amides is 1. The van der Waals surface area contributed by atoms with Gasteiger partial charge < -0.3 is 59.7 Å². The number of carbonyl (C=O) groups excluding carboxylic acids is 9. The molecule has 2 aliphatic heterocycles. The molecule has 0 aliphatic carbocycles. The first-order chi connectivity index (χ1) is 30.4. The summed E-state index contributed by atoms with van der Waals surface area (Å²) in [4.78, 5) is 117. The number of nitrogens with one attached hydrogen (secondary N) is 9. The molecule has 7 atom stereocenters. The van der Waals surface area contributed by atoms with Gasteiger partial charge in [-0.15, -0.1) is 0 Å². The Balaban J connectivity index is 1.80. The van der Waals surface area contributed by atoms with Crippen LogP contribution < -0.4 is 65.2 Å². The molecule has 64 heavy (non-hydrogen) atoms. The Kier molecular flexibility index (Phi) is 26.0. The highest BCUT2D eigenvalue weighted by Crippen LogP contribution is 2.33. The molecule has 2 rings (SSSR count). The van der Waals surface area contributed by atoms with E-state index in [4.69, 9.17) is 22.4 Å². The second kappa shape index (κ2) is 30.2. The number of urea groups is 1. The Morgan fingerprint density at radius 3 is 2.14 bits per heavy atom. The van der Waals surface area contributed by atoms with Crippen LogP contribution in [0.4, 0.5) is 4.79 Å². The lowest BCUT2D eigenvalue weighted by atomic mass is 9.92. The minimum atomic E-state index is -1.16. The van der Waals surface area contributed by atoms with Crippen LogP contribution in [-0.2, 0) is 38.4 Å². The van der Waals surface area contributed by atoms with Crippen LogP contribution in [-0.4, -0.2) is 144 Å². The van der Waals surface area contributed by atoms with E-state index >= 15 is 0 Å². The number of nitrogens with zero attached hydrogens (tertiary/aromatic N) is 1. The molecule has 10 amide bonds. The number of unbranched alkanes of at least 4 members (excludes halogenated alkanes) is 2. The normalized spacial score (nSPS) is 18.1. The Hall–Kier alpha value is -5.04. The number of amides is 10. The number of nitrogens with two attached hydrogens (primary N) is 3. The van der Waals surface area contributed by atoms with Gasteiger partial charge in [0.1, 0.15) is 18.1 Å². The van der Waals surface area contributed by atoms with E-state index in [-0.39, 0.29) is 81.0 Å². The fourth-order valence-corrected chi connectivity index (χ4v) is 9.10. The molecule has 0 spiro atoms. The third-order valence-electron chi connectivity index (χ3n) is 10.4. The van der Waals surface area contributed by atoms with Gasteiger partial charge in [0.2, 0.25) is 47.3 Å². The van der Waals surface area contributed by atoms with Gasteiger partial charge in [-0.25, -0.2) is 10.3 Å². The molecule has 16 N–H and O–H groups in total. The molecule has 1 unspecified atom stereocenters. The maximum absolute atomic E-state index is 13.6. The van der Waals surface area contributed by atoms with Gasteiger partial charge in [0.25, 0.3) is 0 Å². The summed E-state index contributed by atoms with van der Waals surface area (Å²) in [6, 6.07) is -3.13. The summed E-state index contributed by atoms with van der Waals surface area (Å²) >= 11 is 3.24. The number of rotatable bonds is 32. The van der Waals surface area contributed by atoms with E-state index in [0.717, 1.165) is 25.0 Å². The number of carbonyl (C=O) groups is 9. The van der Waals surface area contributed by atoms with Crippen LogP contribution in [0.25, 0.3) is 0 Å². The molecular formula is C39H69N13O10S2. The van der Waals surface area contributed by atoms with Gasteiger partial charge in [-0.3, -0.25) is 48.6 Å². The van der Waals surface area contributed by atoms with Crippen LogP contribution in [0.3, 0.4) is 0 Å². The topological polar surface area (TPSA) is 373 Å². The summed E-state index contributed by atoms with van der Waals surface area (Å²) in [5.74, 6) is -4.77. The van der Waals surface area contributed by atoms with Crippen molar-refractivity contribution in [3.63, 3.8) is 0 Å². The number of thioether (sulfide) groups is 2. The smallest absolute Gasteiger partial charge is 0.315 e. The van der Waals surface area contributed by atoms with Crippen LogP contribution in [0.5, 0.6) is 0 Å². The Morgan fingerprint density at radius 2 is 1.47 bits per heavy atom. The number of hydrogen-bond acceptors (Lipinski definition) is 13. The van der Waals surface area contributed by atoms with Gasteiger partial charge in [0.15, 0.2) is 5.96 Å². The molecule has 2 heterocycles.